The van der Waals surface area contributed by atoms with Crippen molar-refractivity contribution in [2.45, 2.75) is 63.6 Å². The van der Waals surface area contributed by atoms with E-state index in [0.29, 0.717) is 17.9 Å². The monoisotopic (exact) mass is 669 g/mol. The number of benzene rings is 3. The van der Waals surface area contributed by atoms with Crippen molar-refractivity contribution >= 4 is 43.5 Å². The molecule has 1 aliphatic carbocycles. The van der Waals surface area contributed by atoms with Crippen LogP contribution in [-0.4, -0.2) is 57.1 Å². The van der Waals surface area contributed by atoms with Gasteiger partial charge in [-0.2, -0.15) is 0 Å². The number of anilines is 1. The number of ether oxygens (including phenoxy) is 1. The van der Waals surface area contributed by atoms with Gasteiger partial charge in [0.15, 0.2) is 0 Å². The Morgan fingerprint density at radius 3 is 2.21 bits per heavy atom. The summed E-state index contributed by atoms with van der Waals surface area (Å²) in [5.74, 6) is 0.266. The molecule has 0 aromatic heterocycles. The van der Waals surface area contributed by atoms with Crippen molar-refractivity contribution < 1.29 is 22.7 Å². The molecule has 0 bridgehead atoms. The highest BCUT2D eigenvalue weighted by molar-refractivity contribution is 9.10. The first kappa shape index (κ1) is 32.5. The number of methoxy groups -OCH3 is 1. The topological polar surface area (TPSA) is 96.0 Å². The third-order valence-corrected chi connectivity index (χ3v) is 9.47. The molecule has 1 aliphatic rings. The number of nitrogens with zero attached hydrogens (tertiary/aromatic N) is 2. The van der Waals surface area contributed by atoms with Crippen molar-refractivity contribution in [2.24, 2.45) is 0 Å². The molecule has 4 rings (SSSR count). The highest BCUT2D eigenvalue weighted by Gasteiger charge is 2.32. The van der Waals surface area contributed by atoms with Crippen molar-refractivity contribution in [1.29, 1.82) is 0 Å². The Labute approximate surface area is 263 Å². The summed E-state index contributed by atoms with van der Waals surface area (Å²) < 4.78 is 32.8. The second-order valence-corrected chi connectivity index (χ2v) is 13.8. The maximum absolute atomic E-state index is 14.0. The summed E-state index contributed by atoms with van der Waals surface area (Å²) >= 11 is 3.47. The maximum Gasteiger partial charge on any atom is 0.243 e. The van der Waals surface area contributed by atoms with Gasteiger partial charge in [-0.3, -0.25) is 13.9 Å². The number of halogens is 1. The van der Waals surface area contributed by atoms with E-state index >= 15 is 0 Å². The predicted octanol–water partition coefficient (Wildman–Crippen LogP) is 5.70. The molecule has 3 aromatic carbocycles. The number of hydrogen-bond donors (Lipinski definition) is 1. The molecule has 0 spiro atoms. The zero-order valence-corrected chi connectivity index (χ0v) is 27.1. The van der Waals surface area contributed by atoms with Crippen LogP contribution in [0.2, 0.25) is 0 Å². The van der Waals surface area contributed by atoms with Crippen molar-refractivity contribution in [3.8, 4) is 5.75 Å². The minimum absolute atomic E-state index is 0.0840. The van der Waals surface area contributed by atoms with Gasteiger partial charge < -0.3 is 15.0 Å². The zero-order valence-electron chi connectivity index (χ0n) is 24.7. The normalized spacial score (nSPS) is 14.2. The quantitative estimate of drug-likeness (QED) is 0.238. The van der Waals surface area contributed by atoms with Gasteiger partial charge in [0.1, 0.15) is 11.8 Å². The van der Waals surface area contributed by atoms with Gasteiger partial charge in [0.05, 0.1) is 19.1 Å². The number of rotatable bonds is 14. The molecular weight excluding hydrogens is 630 g/mol. The molecule has 1 atom stereocenters. The Balaban J connectivity index is 1.57. The van der Waals surface area contributed by atoms with Crippen molar-refractivity contribution in [3.63, 3.8) is 0 Å². The number of carbonyl (C=O) groups excluding carboxylic acids is 2. The third kappa shape index (κ3) is 9.56. The summed E-state index contributed by atoms with van der Waals surface area (Å²) in [6.07, 6.45) is 5.96. The van der Waals surface area contributed by atoms with E-state index in [9.17, 15) is 18.0 Å². The van der Waals surface area contributed by atoms with E-state index in [0.717, 1.165) is 47.5 Å². The molecule has 2 amide bonds. The van der Waals surface area contributed by atoms with Gasteiger partial charge >= 0.3 is 0 Å². The van der Waals surface area contributed by atoms with Crippen LogP contribution in [0.4, 0.5) is 5.69 Å². The van der Waals surface area contributed by atoms with Gasteiger partial charge in [0.2, 0.25) is 21.8 Å². The molecule has 43 heavy (non-hydrogen) atoms. The fourth-order valence-corrected chi connectivity index (χ4v) is 6.69. The molecule has 0 saturated heterocycles. The molecule has 0 aliphatic heterocycles. The molecular formula is C33H40BrN3O5S. The lowest BCUT2D eigenvalue weighted by Crippen LogP contribution is -2.52. The molecule has 10 heteroatoms. The molecule has 8 nitrogen and oxygen atoms in total. The highest BCUT2D eigenvalue weighted by Crippen LogP contribution is 2.24. The highest BCUT2D eigenvalue weighted by atomic mass is 79.9. The summed E-state index contributed by atoms with van der Waals surface area (Å²) in [5, 5.41) is 3.22. The van der Waals surface area contributed by atoms with Crippen LogP contribution >= 0.6 is 15.9 Å². The lowest BCUT2D eigenvalue weighted by Gasteiger charge is -2.33. The average molecular weight is 671 g/mol. The van der Waals surface area contributed by atoms with Gasteiger partial charge in [0, 0.05) is 36.4 Å². The first-order chi connectivity index (χ1) is 20.6. The smallest absolute Gasteiger partial charge is 0.243 e. The molecule has 1 saturated carbocycles. The van der Waals surface area contributed by atoms with E-state index in [1.165, 1.54) is 4.31 Å². The van der Waals surface area contributed by atoms with E-state index < -0.39 is 16.1 Å². The van der Waals surface area contributed by atoms with E-state index in [2.05, 4.69) is 21.2 Å². The molecule has 230 valence electrons. The second-order valence-electron chi connectivity index (χ2n) is 11.0. The maximum atomic E-state index is 14.0. The molecule has 1 unspecified atom stereocenters. The van der Waals surface area contributed by atoms with Crippen LogP contribution < -0.4 is 14.4 Å². The van der Waals surface area contributed by atoms with E-state index in [4.69, 9.17) is 4.74 Å². The minimum atomic E-state index is -3.59. The molecule has 0 heterocycles. The van der Waals surface area contributed by atoms with E-state index in [1.807, 2.05) is 54.6 Å². The van der Waals surface area contributed by atoms with Crippen molar-refractivity contribution in [3.05, 3.63) is 94.5 Å². The van der Waals surface area contributed by atoms with Crippen molar-refractivity contribution in [1.82, 2.24) is 10.2 Å². The fourth-order valence-electron chi connectivity index (χ4n) is 5.46. The van der Waals surface area contributed by atoms with Crippen LogP contribution in [-0.2, 0) is 32.6 Å². The van der Waals surface area contributed by atoms with Crippen LogP contribution in [0.25, 0.3) is 0 Å². The SMILES string of the molecule is COc1ccc(N(CCCC(=O)N(Cc2ccc(Br)cc2)C(Cc2ccccc2)C(=O)NC2CCCC2)S(C)(=O)=O)cc1. The van der Waals surface area contributed by atoms with Crippen LogP contribution in [0.1, 0.15) is 49.7 Å². The second kappa shape index (κ2) is 15.4. The average Bonchev–Trinajstić information content (AvgIpc) is 3.51. The molecule has 3 aromatic rings. The minimum Gasteiger partial charge on any atom is -0.497 e. The van der Waals surface area contributed by atoms with Crippen molar-refractivity contribution in [2.75, 3.05) is 24.2 Å². The van der Waals surface area contributed by atoms with Gasteiger partial charge in [0.25, 0.3) is 0 Å². The Bertz CT molecular complexity index is 1440. The Morgan fingerprint density at radius 2 is 1.60 bits per heavy atom. The van der Waals surface area contributed by atoms with E-state index in [1.54, 1.807) is 36.3 Å². The Morgan fingerprint density at radius 1 is 0.953 bits per heavy atom. The van der Waals surface area contributed by atoms with Crippen LogP contribution in [0.15, 0.2) is 83.3 Å². The molecule has 1 fully saturated rings. The van der Waals surface area contributed by atoms with Gasteiger partial charge in [-0.05, 0) is 66.8 Å². The predicted molar refractivity (Wildman–Crippen MR) is 173 cm³/mol. The Kier molecular flexibility index (Phi) is 11.6. The Hall–Kier alpha value is -3.37. The van der Waals surface area contributed by atoms with Gasteiger partial charge in [-0.25, -0.2) is 8.42 Å². The summed E-state index contributed by atoms with van der Waals surface area (Å²) in [7, 11) is -2.04. The standard InChI is InChI=1S/C33H40BrN3O5S/c1-42-30-20-18-29(19-21-30)37(43(2,40)41)22-8-13-32(38)36(24-26-14-16-27(34)17-15-26)31(23-25-9-4-3-5-10-25)33(39)35-28-11-6-7-12-28/h3-5,9-10,14-21,28,31H,6-8,11-13,22-24H2,1-2H3,(H,35,39). The first-order valence-corrected chi connectivity index (χ1v) is 17.3. The fraction of sp³-hybridized carbons (Fsp3) is 0.394. The summed E-state index contributed by atoms with van der Waals surface area (Å²) in [6.45, 7) is 0.386. The molecule has 0 radical (unpaired) electrons. The van der Waals surface area contributed by atoms with E-state index in [-0.39, 0.29) is 43.8 Å². The number of carbonyl (C=O) groups is 2. The first-order valence-electron chi connectivity index (χ1n) is 14.6. The number of sulfonamides is 1. The third-order valence-electron chi connectivity index (χ3n) is 7.75. The van der Waals surface area contributed by atoms with Crippen LogP contribution in [0.3, 0.4) is 0 Å². The van der Waals surface area contributed by atoms with Crippen LogP contribution in [0, 0.1) is 0 Å². The lowest BCUT2D eigenvalue weighted by molar-refractivity contribution is -0.141. The summed E-state index contributed by atoms with van der Waals surface area (Å²) in [4.78, 5) is 29.5. The lowest BCUT2D eigenvalue weighted by atomic mass is 10.0. The van der Waals surface area contributed by atoms with Crippen LogP contribution in [0.5, 0.6) is 5.75 Å². The number of nitrogens with one attached hydrogen (secondary N) is 1. The van der Waals surface area contributed by atoms with Gasteiger partial charge in [-0.15, -0.1) is 0 Å². The van der Waals surface area contributed by atoms with Gasteiger partial charge in [-0.1, -0.05) is 71.2 Å². The summed E-state index contributed by atoms with van der Waals surface area (Å²) in [6, 6.07) is 23.6. The molecule has 1 N–H and O–H groups in total. The number of amides is 2. The largest absolute Gasteiger partial charge is 0.497 e. The summed E-state index contributed by atoms with van der Waals surface area (Å²) in [5.41, 5.74) is 2.37. The number of hydrogen-bond acceptors (Lipinski definition) is 5. The zero-order chi connectivity index (χ0) is 30.8.